The summed E-state index contributed by atoms with van der Waals surface area (Å²) in [4.78, 5) is 8.87. The minimum Gasteiger partial charge on any atom is -0.481 e. The molecule has 0 aliphatic carbocycles. The molecule has 0 aliphatic heterocycles. The highest BCUT2D eigenvalue weighted by Gasteiger charge is 2.37. The fourth-order valence-electron chi connectivity index (χ4n) is 4.77. The number of methoxy groups -OCH3 is 1. The molecule has 0 radical (unpaired) electrons. The molecule has 0 spiro atoms. The highest BCUT2D eigenvalue weighted by molar-refractivity contribution is 6.36. The lowest BCUT2D eigenvalue weighted by Crippen LogP contribution is -2.31. The molecule has 200 valence electrons. The first-order valence-electron chi connectivity index (χ1n) is 12.1. The van der Waals surface area contributed by atoms with Crippen LogP contribution in [0.2, 0.25) is 10.0 Å². The van der Waals surface area contributed by atoms with Crippen molar-refractivity contribution in [2.75, 3.05) is 7.11 Å². The quantitative estimate of drug-likeness (QED) is 0.224. The number of pyridine rings is 1. The average molecular weight is 568 g/mol. The van der Waals surface area contributed by atoms with Crippen LogP contribution in [0.1, 0.15) is 40.4 Å². The molecular formula is C30H25Cl2F2N3O2. The number of rotatable bonds is 7. The van der Waals surface area contributed by atoms with Gasteiger partial charge in [-0.25, -0.2) is 18.7 Å². The van der Waals surface area contributed by atoms with Gasteiger partial charge in [0.25, 0.3) is 5.92 Å². The fourth-order valence-corrected chi connectivity index (χ4v) is 5.19. The number of fused-ring (bicyclic) bond motifs is 1. The van der Waals surface area contributed by atoms with E-state index in [-0.39, 0.29) is 5.56 Å². The Kier molecular flexibility index (Phi) is 7.10. The summed E-state index contributed by atoms with van der Waals surface area (Å²) in [5.41, 5.74) is 2.01. The molecule has 3 aromatic carbocycles. The van der Waals surface area contributed by atoms with Gasteiger partial charge in [0.05, 0.1) is 35.9 Å². The third-order valence-electron chi connectivity index (χ3n) is 6.88. The molecule has 5 rings (SSSR count). The zero-order chi connectivity index (χ0) is 27.9. The van der Waals surface area contributed by atoms with Crippen molar-refractivity contribution in [2.45, 2.75) is 24.9 Å². The van der Waals surface area contributed by atoms with E-state index in [0.29, 0.717) is 55.6 Å². The predicted molar refractivity (Wildman–Crippen MR) is 149 cm³/mol. The lowest BCUT2D eigenvalue weighted by Gasteiger charge is -2.30. The van der Waals surface area contributed by atoms with Crippen molar-refractivity contribution >= 4 is 34.1 Å². The van der Waals surface area contributed by atoms with Crippen molar-refractivity contribution in [3.63, 3.8) is 0 Å². The predicted octanol–water partition coefficient (Wildman–Crippen LogP) is 7.27. The van der Waals surface area contributed by atoms with E-state index >= 15 is 0 Å². The van der Waals surface area contributed by atoms with Gasteiger partial charge in [0.1, 0.15) is 0 Å². The lowest BCUT2D eigenvalue weighted by molar-refractivity contribution is 0.0174. The molecule has 1 N–H and O–H groups in total. The monoisotopic (exact) mass is 567 g/mol. The Hall–Kier alpha value is -3.52. The highest BCUT2D eigenvalue weighted by Crippen LogP contribution is 2.41. The molecule has 0 fully saturated rings. The summed E-state index contributed by atoms with van der Waals surface area (Å²) in [5, 5.41) is 13.8. The van der Waals surface area contributed by atoms with E-state index in [1.807, 2.05) is 7.05 Å². The molecule has 0 saturated heterocycles. The van der Waals surface area contributed by atoms with Crippen LogP contribution in [0.25, 0.3) is 10.9 Å². The van der Waals surface area contributed by atoms with Crippen LogP contribution in [0.15, 0.2) is 79.3 Å². The summed E-state index contributed by atoms with van der Waals surface area (Å²) in [7, 11) is 3.31. The van der Waals surface area contributed by atoms with Crippen LogP contribution >= 0.6 is 23.2 Å². The Balaban J connectivity index is 1.65. The van der Waals surface area contributed by atoms with Gasteiger partial charge in [0.15, 0.2) is 5.60 Å². The number of aliphatic hydroxyl groups is 1. The van der Waals surface area contributed by atoms with Crippen LogP contribution in [0.5, 0.6) is 5.88 Å². The standard InChI is InChI=1S/C30H25Cl2F2N3O2/c1-29(33,34)19-6-4-18(5-7-19)14-24-27(32)23-15-21(10-13-25(23)36-28(24)39-3)30(38,26-16-35-17-37(26)2)20-8-11-22(31)12-9-20/h4-13,15-17,38H,14H2,1-3H3. The van der Waals surface area contributed by atoms with Gasteiger partial charge in [-0.05, 0) is 41.0 Å². The number of ether oxygens (including phenoxy) is 1. The van der Waals surface area contributed by atoms with Crippen LogP contribution in [-0.4, -0.2) is 26.8 Å². The molecule has 2 heterocycles. The van der Waals surface area contributed by atoms with Gasteiger partial charge < -0.3 is 14.4 Å². The van der Waals surface area contributed by atoms with Gasteiger partial charge in [-0.15, -0.1) is 0 Å². The number of hydrogen-bond donors (Lipinski definition) is 1. The zero-order valence-electron chi connectivity index (χ0n) is 21.4. The molecular weight excluding hydrogens is 543 g/mol. The van der Waals surface area contributed by atoms with Gasteiger partial charge >= 0.3 is 0 Å². The first kappa shape index (κ1) is 27.1. The second-order valence-corrected chi connectivity index (χ2v) is 10.3. The third-order valence-corrected chi connectivity index (χ3v) is 7.56. The van der Waals surface area contributed by atoms with Crippen molar-refractivity contribution in [1.29, 1.82) is 0 Å². The minimum absolute atomic E-state index is 0.0674. The number of halogens is 4. The summed E-state index contributed by atoms with van der Waals surface area (Å²) in [6.07, 6.45) is 3.55. The molecule has 0 bridgehead atoms. The number of aryl methyl sites for hydroxylation is 1. The van der Waals surface area contributed by atoms with Crippen molar-refractivity contribution in [2.24, 2.45) is 7.05 Å². The molecule has 1 atom stereocenters. The first-order valence-corrected chi connectivity index (χ1v) is 12.9. The number of imidazole rings is 1. The lowest BCUT2D eigenvalue weighted by atomic mass is 9.83. The summed E-state index contributed by atoms with van der Waals surface area (Å²) in [5.74, 6) is -2.59. The Morgan fingerprint density at radius 3 is 2.18 bits per heavy atom. The van der Waals surface area contributed by atoms with Gasteiger partial charge in [-0.2, -0.15) is 0 Å². The van der Waals surface area contributed by atoms with E-state index in [1.54, 1.807) is 71.7 Å². The summed E-state index contributed by atoms with van der Waals surface area (Å²) in [6.45, 7) is 0.865. The van der Waals surface area contributed by atoms with Gasteiger partial charge in [-0.1, -0.05) is 65.7 Å². The average Bonchev–Trinajstić information content (AvgIpc) is 3.36. The van der Waals surface area contributed by atoms with Crippen molar-refractivity contribution in [3.05, 3.63) is 123 Å². The molecule has 5 aromatic rings. The smallest absolute Gasteiger partial charge is 0.270 e. The molecule has 39 heavy (non-hydrogen) atoms. The van der Waals surface area contributed by atoms with Gasteiger partial charge in [0.2, 0.25) is 5.88 Å². The second-order valence-electron chi connectivity index (χ2n) is 9.51. The van der Waals surface area contributed by atoms with E-state index < -0.39 is 11.5 Å². The summed E-state index contributed by atoms with van der Waals surface area (Å²) in [6, 6.07) is 18.4. The van der Waals surface area contributed by atoms with Crippen LogP contribution in [0, 0.1) is 0 Å². The topological polar surface area (TPSA) is 60.2 Å². The van der Waals surface area contributed by atoms with Crippen molar-refractivity contribution in [3.8, 4) is 5.88 Å². The Bertz CT molecular complexity index is 1650. The molecule has 0 aliphatic rings. The maximum Gasteiger partial charge on any atom is 0.270 e. The zero-order valence-corrected chi connectivity index (χ0v) is 22.9. The fraction of sp³-hybridized carbons (Fsp3) is 0.200. The molecule has 1 unspecified atom stereocenters. The highest BCUT2D eigenvalue weighted by atomic mass is 35.5. The molecule has 5 nitrogen and oxygen atoms in total. The van der Waals surface area contributed by atoms with Crippen LogP contribution < -0.4 is 4.74 Å². The number of aromatic nitrogens is 3. The number of nitrogens with zero attached hydrogens (tertiary/aromatic N) is 3. The van der Waals surface area contributed by atoms with E-state index in [4.69, 9.17) is 27.9 Å². The first-order chi connectivity index (χ1) is 18.5. The van der Waals surface area contributed by atoms with Crippen LogP contribution in [-0.2, 0) is 25.0 Å². The molecule has 2 aromatic heterocycles. The van der Waals surface area contributed by atoms with E-state index in [0.717, 1.165) is 12.5 Å². The molecule has 0 saturated carbocycles. The Labute approximate surface area is 234 Å². The number of benzene rings is 3. The normalized spacial score (nSPS) is 13.4. The Morgan fingerprint density at radius 1 is 0.949 bits per heavy atom. The van der Waals surface area contributed by atoms with E-state index in [9.17, 15) is 13.9 Å². The molecule has 0 amide bonds. The summed E-state index contributed by atoms with van der Waals surface area (Å²) < 4.78 is 34.7. The molecule has 9 heteroatoms. The Morgan fingerprint density at radius 2 is 1.59 bits per heavy atom. The van der Waals surface area contributed by atoms with Crippen molar-refractivity contribution in [1.82, 2.24) is 14.5 Å². The van der Waals surface area contributed by atoms with Crippen LogP contribution in [0.3, 0.4) is 0 Å². The SMILES string of the molecule is COc1nc2ccc(C(O)(c3ccc(Cl)cc3)c3cncn3C)cc2c(Cl)c1Cc1ccc(C(C)(F)F)cc1. The van der Waals surface area contributed by atoms with E-state index in [2.05, 4.69) is 9.97 Å². The third kappa shape index (κ3) is 4.98. The van der Waals surface area contributed by atoms with Gasteiger partial charge in [0, 0.05) is 41.9 Å². The van der Waals surface area contributed by atoms with Crippen LogP contribution in [0.4, 0.5) is 8.78 Å². The minimum atomic E-state index is -2.93. The van der Waals surface area contributed by atoms with E-state index in [1.165, 1.54) is 19.2 Å². The van der Waals surface area contributed by atoms with Crippen molar-refractivity contribution < 1.29 is 18.6 Å². The maximum absolute atomic E-state index is 13.7. The maximum atomic E-state index is 13.7. The largest absolute Gasteiger partial charge is 0.481 e. The summed E-state index contributed by atoms with van der Waals surface area (Å²) >= 11 is 13.1. The number of hydrogen-bond acceptors (Lipinski definition) is 4. The van der Waals surface area contributed by atoms with Gasteiger partial charge in [-0.3, -0.25) is 0 Å². The second kappa shape index (κ2) is 10.2. The number of alkyl halides is 2.